The third-order valence-corrected chi connectivity index (χ3v) is 7.43. The maximum atomic E-state index is 13.8. The van der Waals surface area contributed by atoms with Crippen LogP contribution < -0.4 is 9.62 Å². The molecule has 3 aromatic rings. The van der Waals surface area contributed by atoms with E-state index in [9.17, 15) is 22.4 Å². The summed E-state index contributed by atoms with van der Waals surface area (Å²) in [5.74, 6) is -0.993. The molecule has 0 aromatic heterocycles. The summed E-state index contributed by atoms with van der Waals surface area (Å²) in [6.07, 6.45) is 1.64. The zero-order valence-corrected chi connectivity index (χ0v) is 24.3. The third-order valence-electron chi connectivity index (χ3n) is 6.23. The number of benzene rings is 3. The molecule has 3 aromatic carbocycles. The molecule has 0 unspecified atom stereocenters. The average molecular weight is 568 g/mol. The van der Waals surface area contributed by atoms with Crippen LogP contribution in [0.15, 0.2) is 84.9 Å². The van der Waals surface area contributed by atoms with Gasteiger partial charge in [-0.25, -0.2) is 12.8 Å². The van der Waals surface area contributed by atoms with Gasteiger partial charge in [0.15, 0.2) is 0 Å². The maximum absolute atomic E-state index is 13.8. The molecule has 7 nitrogen and oxygen atoms in total. The van der Waals surface area contributed by atoms with Crippen LogP contribution in [0.5, 0.6) is 0 Å². The van der Waals surface area contributed by atoms with Crippen molar-refractivity contribution in [3.8, 4) is 0 Å². The lowest BCUT2D eigenvalue weighted by atomic mass is 10.00. The molecule has 0 saturated heterocycles. The van der Waals surface area contributed by atoms with Gasteiger partial charge in [0.05, 0.1) is 11.9 Å². The van der Waals surface area contributed by atoms with E-state index in [0.717, 1.165) is 21.7 Å². The number of sulfonamides is 1. The van der Waals surface area contributed by atoms with E-state index in [4.69, 9.17) is 0 Å². The van der Waals surface area contributed by atoms with Crippen molar-refractivity contribution >= 4 is 27.5 Å². The first-order valence-corrected chi connectivity index (χ1v) is 15.1. The Labute approximate surface area is 237 Å². The fourth-order valence-corrected chi connectivity index (χ4v) is 5.36. The lowest BCUT2D eigenvalue weighted by molar-refractivity contribution is -0.142. The van der Waals surface area contributed by atoms with E-state index in [1.165, 1.54) is 24.3 Å². The monoisotopic (exact) mass is 567 g/mol. The van der Waals surface area contributed by atoms with Crippen molar-refractivity contribution in [1.82, 2.24) is 10.2 Å². The average Bonchev–Trinajstić information content (AvgIpc) is 2.89. The second kappa shape index (κ2) is 13.6. The number of nitrogens with zero attached hydrogens (tertiary/aromatic N) is 2. The minimum absolute atomic E-state index is 0.0220. The summed E-state index contributed by atoms with van der Waals surface area (Å²) in [5.41, 5.74) is 1.62. The normalized spacial score (nSPS) is 12.4. The molecule has 1 atom stereocenters. The van der Waals surface area contributed by atoms with Gasteiger partial charge in [-0.05, 0) is 62.6 Å². The number of amides is 2. The van der Waals surface area contributed by atoms with Gasteiger partial charge in [0, 0.05) is 31.5 Å². The number of anilines is 1. The summed E-state index contributed by atoms with van der Waals surface area (Å²) < 4.78 is 39.6. The highest BCUT2D eigenvalue weighted by Gasteiger charge is 2.32. The lowest BCUT2D eigenvalue weighted by Gasteiger charge is -2.34. The molecule has 2 amide bonds. The van der Waals surface area contributed by atoms with E-state index in [-0.39, 0.29) is 37.7 Å². The molecule has 0 aliphatic heterocycles. The van der Waals surface area contributed by atoms with E-state index in [1.54, 1.807) is 4.90 Å². The van der Waals surface area contributed by atoms with Crippen LogP contribution in [-0.4, -0.2) is 49.5 Å². The van der Waals surface area contributed by atoms with Gasteiger partial charge >= 0.3 is 0 Å². The molecule has 1 N–H and O–H groups in total. The molecule has 0 saturated carbocycles. The number of carbonyl (C=O) groups excluding carboxylic acids is 2. The molecule has 0 aliphatic rings. The number of hydrogen-bond donors (Lipinski definition) is 1. The van der Waals surface area contributed by atoms with Crippen LogP contribution in [0, 0.1) is 5.82 Å². The summed E-state index contributed by atoms with van der Waals surface area (Å²) in [7, 11) is -3.67. The predicted octanol–water partition coefficient (Wildman–Crippen LogP) is 4.93. The quantitative estimate of drug-likeness (QED) is 0.336. The molecule has 40 heavy (non-hydrogen) atoms. The lowest BCUT2D eigenvalue weighted by Crippen LogP contribution is -2.54. The first-order chi connectivity index (χ1) is 18.8. The van der Waals surface area contributed by atoms with Crippen molar-refractivity contribution < 1.29 is 22.4 Å². The number of nitrogens with one attached hydrogen (secondary N) is 1. The Morgan fingerprint density at radius 1 is 0.875 bits per heavy atom. The topological polar surface area (TPSA) is 86.8 Å². The Balaban J connectivity index is 1.87. The van der Waals surface area contributed by atoms with Crippen molar-refractivity contribution in [2.45, 2.75) is 58.2 Å². The number of carbonyl (C=O) groups is 2. The van der Waals surface area contributed by atoms with Crippen LogP contribution in [0.3, 0.4) is 0 Å². The van der Waals surface area contributed by atoms with Crippen LogP contribution in [-0.2, 0) is 32.6 Å². The van der Waals surface area contributed by atoms with Crippen molar-refractivity contribution in [2.24, 2.45) is 0 Å². The Morgan fingerprint density at radius 2 is 1.43 bits per heavy atom. The maximum Gasteiger partial charge on any atom is 0.243 e. The molecule has 0 fully saturated rings. The standard InChI is InChI=1S/C31H38FN3O4S/c1-31(2,3)33-30(37)28(22-24-12-7-5-8-13-24)34(23-25-14-9-6-10-15-25)29(36)16-11-21-35(40(4,38)39)27-19-17-26(32)18-20-27/h5-10,12-15,17-20,28H,11,16,21-23H2,1-4H3,(H,33,37)/t28-/m1/s1. The van der Waals surface area contributed by atoms with Gasteiger partial charge in [0.2, 0.25) is 21.8 Å². The fourth-order valence-electron chi connectivity index (χ4n) is 4.40. The van der Waals surface area contributed by atoms with E-state index < -0.39 is 27.4 Å². The highest BCUT2D eigenvalue weighted by Crippen LogP contribution is 2.21. The third kappa shape index (κ3) is 9.48. The van der Waals surface area contributed by atoms with Crippen molar-refractivity contribution in [1.29, 1.82) is 0 Å². The molecular formula is C31H38FN3O4S. The van der Waals surface area contributed by atoms with Crippen molar-refractivity contribution in [2.75, 3.05) is 17.1 Å². The zero-order valence-electron chi connectivity index (χ0n) is 23.5. The summed E-state index contributed by atoms with van der Waals surface area (Å²) >= 11 is 0. The second-order valence-electron chi connectivity index (χ2n) is 10.9. The van der Waals surface area contributed by atoms with Crippen LogP contribution in [0.1, 0.15) is 44.7 Å². The Kier molecular flexibility index (Phi) is 10.5. The van der Waals surface area contributed by atoms with Gasteiger partial charge in [-0.1, -0.05) is 60.7 Å². The minimum atomic E-state index is -3.67. The molecular weight excluding hydrogens is 529 g/mol. The van der Waals surface area contributed by atoms with Gasteiger partial charge < -0.3 is 10.2 Å². The van der Waals surface area contributed by atoms with Crippen LogP contribution >= 0.6 is 0 Å². The van der Waals surface area contributed by atoms with Crippen molar-refractivity contribution in [3.63, 3.8) is 0 Å². The Bertz CT molecular complexity index is 1360. The highest BCUT2D eigenvalue weighted by molar-refractivity contribution is 7.92. The summed E-state index contributed by atoms with van der Waals surface area (Å²) in [6, 6.07) is 23.4. The van der Waals surface area contributed by atoms with E-state index in [1.807, 2.05) is 81.4 Å². The van der Waals surface area contributed by atoms with Gasteiger partial charge in [-0.15, -0.1) is 0 Å². The largest absolute Gasteiger partial charge is 0.350 e. The summed E-state index contributed by atoms with van der Waals surface area (Å²) in [5, 5.41) is 3.03. The Morgan fingerprint density at radius 3 is 1.95 bits per heavy atom. The molecule has 0 spiro atoms. The van der Waals surface area contributed by atoms with E-state index >= 15 is 0 Å². The van der Waals surface area contributed by atoms with Gasteiger partial charge in [-0.2, -0.15) is 0 Å². The van der Waals surface area contributed by atoms with E-state index in [2.05, 4.69) is 5.32 Å². The summed E-state index contributed by atoms with van der Waals surface area (Å²) in [6.45, 7) is 5.94. The summed E-state index contributed by atoms with van der Waals surface area (Å²) in [4.78, 5) is 29.0. The molecule has 0 aliphatic carbocycles. The Hall–Kier alpha value is -3.72. The fraction of sp³-hybridized carbons (Fsp3) is 0.355. The molecule has 9 heteroatoms. The molecule has 0 heterocycles. The van der Waals surface area contributed by atoms with Crippen LogP contribution in [0.2, 0.25) is 0 Å². The predicted molar refractivity (Wildman–Crippen MR) is 157 cm³/mol. The minimum Gasteiger partial charge on any atom is -0.350 e. The number of rotatable bonds is 12. The van der Waals surface area contributed by atoms with Crippen LogP contribution in [0.4, 0.5) is 10.1 Å². The highest BCUT2D eigenvalue weighted by atomic mass is 32.2. The van der Waals surface area contributed by atoms with Crippen molar-refractivity contribution in [3.05, 3.63) is 102 Å². The SMILES string of the molecule is CC(C)(C)NC(=O)[C@@H](Cc1ccccc1)N(Cc1ccccc1)C(=O)CCCN(c1ccc(F)cc1)S(C)(=O)=O. The molecule has 0 radical (unpaired) electrons. The molecule has 214 valence electrons. The number of hydrogen-bond acceptors (Lipinski definition) is 4. The zero-order chi connectivity index (χ0) is 29.3. The smallest absolute Gasteiger partial charge is 0.243 e. The second-order valence-corrected chi connectivity index (χ2v) is 12.8. The number of halogens is 1. The first-order valence-electron chi connectivity index (χ1n) is 13.3. The van der Waals surface area contributed by atoms with Gasteiger partial charge in [0.25, 0.3) is 0 Å². The molecule has 3 rings (SSSR count). The van der Waals surface area contributed by atoms with E-state index in [0.29, 0.717) is 12.1 Å². The van der Waals surface area contributed by atoms with Gasteiger partial charge in [-0.3, -0.25) is 13.9 Å². The molecule has 0 bridgehead atoms. The van der Waals surface area contributed by atoms with Crippen LogP contribution in [0.25, 0.3) is 0 Å². The first kappa shape index (κ1) is 30.8. The van der Waals surface area contributed by atoms with Gasteiger partial charge in [0.1, 0.15) is 11.9 Å².